The highest BCUT2D eigenvalue weighted by atomic mass is 79.9. The Labute approximate surface area is 121 Å². The Hall–Kier alpha value is -0.360. The van der Waals surface area contributed by atoms with Crippen molar-refractivity contribution >= 4 is 27.5 Å². The molecule has 1 rings (SSSR count). The summed E-state index contributed by atoms with van der Waals surface area (Å²) in [5.74, 6) is -4.99. The standard InChI is InChI=1S/C12H11BrClF5/c1-5-4-6(2)9(13)7(3)8(5)10(14)11(15,16)12(17,18)19/h4,10H,1-3H3. The van der Waals surface area contributed by atoms with Crippen LogP contribution in [-0.4, -0.2) is 12.1 Å². The molecule has 1 atom stereocenters. The average molecular weight is 366 g/mol. The molecule has 1 unspecified atom stereocenters. The van der Waals surface area contributed by atoms with Gasteiger partial charge in [0.25, 0.3) is 0 Å². The van der Waals surface area contributed by atoms with Crippen LogP contribution in [0.4, 0.5) is 22.0 Å². The van der Waals surface area contributed by atoms with Crippen molar-refractivity contribution in [1.82, 2.24) is 0 Å². The summed E-state index contributed by atoms with van der Waals surface area (Å²) < 4.78 is 64.2. The fourth-order valence-corrected chi connectivity index (χ4v) is 2.68. The van der Waals surface area contributed by atoms with E-state index in [4.69, 9.17) is 11.6 Å². The van der Waals surface area contributed by atoms with Crippen molar-refractivity contribution in [2.24, 2.45) is 0 Å². The number of alkyl halides is 6. The monoisotopic (exact) mass is 364 g/mol. The molecule has 0 spiro atoms. The highest BCUT2D eigenvalue weighted by molar-refractivity contribution is 9.10. The third-order valence-electron chi connectivity index (χ3n) is 2.89. The van der Waals surface area contributed by atoms with E-state index in [2.05, 4.69) is 15.9 Å². The van der Waals surface area contributed by atoms with Crippen LogP contribution in [0.3, 0.4) is 0 Å². The lowest BCUT2D eigenvalue weighted by atomic mass is 9.94. The second-order valence-corrected chi connectivity index (χ2v) is 5.58. The summed E-state index contributed by atoms with van der Waals surface area (Å²) >= 11 is 8.59. The number of aryl methyl sites for hydroxylation is 2. The Morgan fingerprint density at radius 1 is 1.05 bits per heavy atom. The van der Waals surface area contributed by atoms with Gasteiger partial charge in [0, 0.05) is 4.47 Å². The van der Waals surface area contributed by atoms with E-state index in [1.165, 1.54) is 19.9 Å². The van der Waals surface area contributed by atoms with Gasteiger partial charge in [-0.25, -0.2) is 0 Å². The number of rotatable bonds is 2. The molecule has 0 aliphatic rings. The molecule has 1 aromatic rings. The van der Waals surface area contributed by atoms with Crippen LogP contribution in [-0.2, 0) is 0 Å². The lowest BCUT2D eigenvalue weighted by Gasteiger charge is -2.27. The van der Waals surface area contributed by atoms with E-state index in [1.54, 1.807) is 6.92 Å². The molecule has 0 heterocycles. The largest absolute Gasteiger partial charge is 0.455 e. The minimum atomic E-state index is -5.68. The molecule has 0 fully saturated rings. The molecular formula is C12H11BrClF5. The minimum Gasteiger partial charge on any atom is -0.194 e. The Balaban J connectivity index is 3.44. The van der Waals surface area contributed by atoms with Crippen molar-refractivity contribution in [3.05, 3.63) is 32.8 Å². The first-order valence-corrected chi connectivity index (χ1v) is 6.49. The second-order valence-electron chi connectivity index (χ2n) is 4.35. The molecule has 0 radical (unpaired) electrons. The van der Waals surface area contributed by atoms with E-state index >= 15 is 0 Å². The van der Waals surface area contributed by atoms with Crippen LogP contribution in [0.5, 0.6) is 0 Å². The van der Waals surface area contributed by atoms with Gasteiger partial charge in [0.05, 0.1) is 0 Å². The third-order valence-corrected chi connectivity index (χ3v) is 4.60. The van der Waals surface area contributed by atoms with Crippen molar-refractivity contribution in [3.63, 3.8) is 0 Å². The Kier molecular flexibility index (Phi) is 4.57. The molecule has 7 heteroatoms. The van der Waals surface area contributed by atoms with Gasteiger partial charge in [-0.15, -0.1) is 11.6 Å². The van der Waals surface area contributed by atoms with Gasteiger partial charge < -0.3 is 0 Å². The van der Waals surface area contributed by atoms with Crippen LogP contribution >= 0.6 is 27.5 Å². The normalized spacial score (nSPS) is 14.6. The molecule has 0 nitrogen and oxygen atoms in total. The van der Waals surface area contributed by atoms with E-state index in [0.29, 0.717) is 15.6 Å². The topological polar surface area (TPSA) is 0 Å². The predicted octanol–water partition coefficient (Wildman–Crippen LogP) is 5.85. The van der Waals surface area contributed by atoms with Crippen LogP contribution in [0, 0.1) is 20.8 Å². The Morgan fingerprint density at radius 2 is 1.53 bits per heavy atom. The maximum atomic E-state index is 13.3. The van der Waals surface area contributed by atoms with E-state index < -0.39 is 17.5 Å². The maximum Gasteiger partial charge on any atom is 0.455 e. The van der Waals surface area contributed by atoms with Gasteiger partial charge in [-0.1, -0.05) is 22.0 Å². The zero-order valence-corrected chi connectivity index (χ0v) is 12.6. The molecule has 0 aromatic heterocycles. The molecule has 0 bridgehead atoms. The summed E-state index contributed by atoms with van der Waals surface area (Å²) in [6.07, 6.45) is -5.68. The van der Waals surface area contributed by atoms with Crippen LogP contribution in [0.25, 0.3) is 0 Å². The predicted molar refractivity (Wildman–Crippen MR) is 67.9 cm³/mol. The van der Waals surface area contributed by atoms with E-state index in [9.17, 15) is 22.0 Å². The average Bonchev–Trinajstić information content (AvgIpc) is 2.24. The summed E-state index contributed by atoms with van der Waals surface area (Å²) in [5.41, 5.74) is 1.16. The molecule has 19 heavy (non-hydrogen) atoms. The van der Waals surface area contributed by atoms with Crippen molar-refractivity contribution in [2.75, 3.05) is 0 Å². The first-order chi connectivity index (χ1) is 8.41. The van der Waals surface area contributed by atoms with Gasteiger partial charge in [-0.2, -0.15) is 22.0 Å². The molecule has 0 saturated heterocycles. The highest BCUT2D eigenvalue weighted by Crippen LogP contribution is 2.50. The summed E-state index contributed by atoms with van der Waals surface area (Å²) in [6, 6.07) is 1.52. The SMILES string of the molecule is Cc1cc(C)c(C(Cl)C(F)(F)C(F)(F)F)c(C)c1Br. The molecule has 0 N–H and O–H groups in total. The molecule has 108 valence electrons. The zero-order valence-electron chi connectivity index (χ0n) is 10.3. The van der Waals surface area contributed by atoms with Crippen LogP contribution in [0.2, 0.25) is 0 Å². The first-order valence-electron chi connectivity index (χ1n) is 5.26. The van der Waals surface area contributed by atoms with E-state index in [0.717, 1.165) is 5.56 Å². The number of hydrogen-bond donors (Lipinski definition) is 0. The summed E-state index contributed by atoms with van der Waals surface area (Å²) in [5, 5.41) is -2.45. The van der Waals surface area contributed by atoms with Gasteiger partial charge in [0.15, 0.2) is 0 Å². The first kappa shape index (κ1) is 16.7. The van der Waals surface area contributed by atoms with Crippen molar-refractivity contribution in [2.45, 2.75) is 38.2 Å². The van der Waals surface area contributed by atoms with Crippen molar-refractivity contribution in [3.8, 4) is 0 Å². The minimum absolute atomic E-state index is 0.193. The summed E-state index contributed by atoms with van der Waals surface area (Å²) in [4.78, 5) is 0. The smallest absolute Gasteiger partial charge is 0.194 e. The second kappa shape index (κ2) is 5.20. The Morgan fingerprint density at radius 3 is 1.95 bits per heavy atom. The lowest BCUT2D eigenvalue weighted by Crippen LogP contribution is -2.40. The van der Waals surface area contributed by atoms with Gasteiger partial charge in [0.2, 0.25) is 0 Å². The van der Waals surface area contributed by atoms with Gasteiger partial charge in [-0.05, 0) is 43.0 Å². The zero-order chi connectivity index (χ0) is 15.2. The third kappa shape index (κ3) is 2.89. The number of benzene rings is 1. The highest BCUT2D eigenvalue weighted by Gasteiger charge is 2.62. The van der Waals surface area contributed by atoms with Crippen LogP contribution in [0.15, 0.2) is 10.5 Å². The summed E-state index contributed by atoms with van der Waals surface area (Å²) in [6.45, 7) is 4.64. The molecule has 0 amide bonds. The van der Waals surface area contributed by atoms with Crippen LogP contribution in [0.1, 0.15) is 27.6 Å². The molecule has 0 saturated carbocycles. The number of hydrogen-bond acceptors (Lipinski definition) is 0. The maximum absolute atomic E-state index is 13.3. The number of halogens is 7. The quantitative estimate of drug-likeness (QED) is 0.455. The van der Waals surface area contributed by atoms with Crippen LogP contribution < -0.4 is 0 Å². The molecule has 1 aromatic carbocycles. The fraction of sp³-hybridized carbons (Fsp3) is 0.500. The van der Waals surface area contributed by atoms with E-state index in [1.807, 2.05) is 0 Å². The lowest BCUT2D eigenvalue weighted by molar-refractivity contribution is -0.283. The summed E-state index contributed by atoms with van der Waals surface area (Å²) in [7, 11) is 0. The Bertz CT molecular complexity index is 496. The van der Waals surface area contributed by atoms with E-state index in [-0.39, 0.29) is 5.56 Å². The molecule has 0 aliphatic carbocycles. The van der Waals surface area contributed by atoms with Crippen molar-refractivity contribution in [1.29, 1.82) is 0 Å². The van der Waals surface area contributed by atoms with Gasteiger partial charge in [-0.3, -0.25) is 0 Å². The van der Waals surface area contributed by atoms with Gasteiger partial charge >= 0.3 is 12.1 Å². The molecule has 0 aliphatic heterocycles. The molecular weight excluding hydrogens is 354 g/mol. The van der Waals surface area contributed by atoms with Crippen molar-refractivity contribution < 1.29 is 22.0 Å². The fourth-order valence-electron chi connectivity index (χ4n) is 1.89. The van der Waals surface area contributed by atoms with Gasteiger partial charge in [0.1, 0.15) is 5.38 Å².